The molecule has 0 atom stereocenters. The fourth-order valence-corrected chi connectivity index (χ4v) is 4.75. The Hall–Kier alpha value is -2.63. The zero-order valence-corrected chi connectivity index (χ0v) is 17.2. The third-order valence-corrected chi connectivity index (χ3v) is 6.47. The summed E-state index contributed by atoms with van der Waals surface area (Å²) in [5.41, 5.74) is -0.881. The van der Waals surface area contributed by atoms with Gasteiger partial charge >= 0.3 is 5.97 Å². The molecule has 9 heteroatoms. The summed E-state index contributed by atoms with van der Waals surface area (Å²) < 4.78 is 5.78. The zero-order valence-electron chi connectivity index (χ0n) is 15.6. The first kappa shape index (κ1) is 21.1. The van der Waals surface area contributed by atoms with Crippen LogP contribution in [0, 0.1) is 11.3 Å². The van der Waals surface area contributed by atoms with Crippen LogP contribution in [0.1, 0.15) is 41.8 Å². The Morgan fingerprint density at radius 3 is 2.62 bits per heavy atom. The lowest BCUT2D eigenvalue weighted by Gasteiger charge is -2.31. The first-order chi connectivity index (χ1) is 13.9. The lowest BCUT2D eigenvalue weighted by Crippen LogP contribution is -2.50. The number of hydrogen-bond donors (Lipinski definition) is 2. The van der Waals surface area contributed by atoms with E-state index in [0.29, 0.717) is 22.7 Å². The molecule has 2 amide bonds. The molecular formula is C20H20ClN3O4S. The Balaban J connectivity index is 1.47. The molecule has 152 valence electrons. The molecule has 1 aliphatic rings. The van der Waals surface area contributed by atoms with E-state index in [2.05, 4.69) is 16.7 Å². The standard InChI is InChI=1S/C20H20ClN3O4S/c21-17-13-6-2-3-7-14(13)29-18(17)19(27)23-10-16(26)28-11-15(25)24-20(12-22)8-4-1-5-9-20/h2-3,6-7H,1,4-5,8-11H2,(H,23,27)(H,24,25). The second-order valence-electron chi connectivity index (χ2n) is 6.89. The number of nitriles is 1. The van der Waals surface area contributed by atoms with Crippen LogP contribution in [0.3, 0.4) is 0 Å². The number of rotatable bonds is 6. The van der Waals surface area contributed by atoms with Crippen LogP contribution >= 0.6 is 22.9 Å². The highest BCUT2D eigenvalue weighted by Crippen LogP contribution is 2.34. The van der Waals surface area contributed by atoms with Gasteiger partial charge in [0.25, 0.3) is 11.8 Å². The molecule has 29 heavy (non-hydrogen) atoms. The van der Waals surface area contributed by atoms with Crippen LogP contribution in [0.2, 0.25) is 5.02 Å². The molecule has 7 nitrogen and oxygen atoms in total. The van der Waals surface area contributed by atoms with Gasteiger partial charge in [-0.15, -0.1) is 11.3 Å². The maximum absolute atomic E-state index is 12.3. The summed E-state index contributed by atoms with van der Waals surface area (Å²) in [6.45, 7) is -0.887. The van der Waals surface area contributed by atoms with Gasteiger partial charge in [0.2, 0.25) is 0 Å². The van der Waals surface area contributed by atoms with Crippen LogP contribution < -0.4 is 10.6 Å². The van der Waals surface area contributed by atoms with Crippen molar-refractivity contribution in [3.8, 4) is 6.07 Å². The van der Waals surface area contributed by atoms with Crippen LogP contribution in [0.4, 0.5) is 0 Å². The van der Waals surface area contributed by atoms with E-state index in [1.807, 2.05) is 24.3 Å². The predicted octanol–water partition coefficient (Wildman–Crippen LogP) is 3.17. The molecule has 1 heterocycles. The third-order valence-electron chi connectivity index (χ3n) is 4.80. The Bertz CT molecular complexity index is 976. The number of carbonyl (C=O) groups is 3. The van der Waals surface area contributed by atoms with Gasteiger partial charge in [0, 0.05) is 10.1 Å². The summed E-state index contributed by atoms with van der Waals surface area (Å²) in [6, 6.07) is 9.52. The van der Waals surface area contributed by atoms with Gasteiger partial charge in [-0.3, -0.25) is 14.4 Å². The highest BCUT2D eigenvalue weighted by Gasteiger charge is 2.33. The van der Waals surface area contributed by atoms with Crippen molar-refractivity contribution >= 4 is 50.8 Å². The molecule has 2 N–H and O–H groups in total. The topological polar surface area (TPSA) is 108 Å². The molecule has 0 spiro atoms. The summed E-state index contributed by atoms with van der Waals surface area (Å²) in [5, 5.41) is 15.6. The van der Waals surface area contributed by atoms with Crippen molar-refractivity contribution in [2.75, 3.05) is 13.2 Å². The number of amides is 2. The average Bonchev–Trinajstić information content (AvgIpc) is 3.08. The quantitative estimate of drug-likeness (QED) is 0.680. The molecule has 3 rings (SSSR count). The van der Waals surface area contributed by atoms with Gasteiger partial charge in [-0.2, -0.15) is 5.26 Å². The van der Waals surface area contributed by atoms with Crippen molar-refractivity contribution in [1.29, 1.82) is 5.26 Å². The Labute approximate surface area is 177 Å². The highest BCUT2D eigenvalue weighted by atomic mass is 35.5. The molecule has 2 aromatic rings. The van der Waals surface area contributed by atoms with Crippen LogP contribution in [0.5, 0.6) is 0 Å². The minimum absolute atomic E-state index is 0.312. The monoisotopic (exact) mass is 433 g/mol. The van der Waals surface area contributed by atoms with Crippen molar-refractivity contribution < 1.29 is 19.1 Å². The Morgan fingerprint density at radius 1 is 1.21 bits per heavy atom. The Morgan fingerprint density at radius 2 is 1.93 bits per heavy atom. The summed E-state index contributed by atoms with van der Waals surface area (Å²) in [5.74, 6) is -1.76. The van der Waals surface area contributed by atoms with Gasteiger partial charge in [0.05, 0.1) is 11.1 Å². The van der Waals surface area contributed by atoms with Gasteiger partial charge < -0.3 is 15.4 Å². The molecule has 1 saturated carbocycles. The fraction of sp³-hybridized carbons (Fsp3) is 0.400. The fourth-order valence-electron chi connectivity index (χ4n) is 3.31. The van der Waals surface area contributed by atoms with E-state index in [4.69, 9.17) is 16.3 Å². The van der Waals surface area contributed by atoms with Crippen molar-refractivity contribution in [1.82, 2.24) is 10.6 Å². The second kappa shape index (κ2) is 9.25. The van der Waals surface area contributed by atoms with Gasteiger partial charge in [-0.05, 0) is 18.9 Å². The van der Waals surface area contributed by atoms with Crippen molar-refractivity contribution in [3.05, 3.63) is 34.2 Å². The maximum Gasteiger partial charge on any atom is 0.325 e. The number of esters is 1. The molecule has 1 fully saturated rings. The predicted molar refractivity (Wildman–Crippen MR) is 110 cm³/mol. The first-order valence-electron chi connectivity index (χ1n) is 9.27. The van der Waals surface area contributed by atoms with Gasteiger partial charge in [-0.1, -0.05) is 49.1 Å². The summed E-state index contributed by atoms with van der Waals surface area (Å²) in [7, 11) is 0. The average molecular weight is 434 g/mol. The number of carbonyl (C=O) groups excluding carboxylic acids is 3. The number of hydrogen-bond acceptors (Lipinski definition) is 6. The van der Waals surface area contributed by atoms with E-state index >= 15 is 0 Å². The summed E-state index contributed by atoms with van der Waals surface area (Å²) in [4.78, 5) is 36.5. The summed E-state index contributed by atoms with van der Waals surface area (Å²) >= 11 is 7.48. The van der Waals surface area contributed by atoms with E-state index in [9.17, 15) is 19.6 Å². The minimum atomic E-state index is -0.881. The zero-order chi connectivity index (χ0) is 20.9. The van der Waals surface area contributed by atoms with E-state index < -0.39 is 29.9 Å². The number of benzene rings is 1. The molecule has 0 aliphatic heterocycles. The number of thiophene rings is 1. The van der Waals surface area contributed by atoms with Crippen molar-refractivity contribution in [2.24, 2.45) is 0 Å². The van der Waals surface area contributed by atoms with E-state index in [-0.39, 0.29) is 6.54 Å². The second-order valence-corrected chi connectivity index (χ2v) is 8.32. The summed E-state index contributed by atoms with van der Waals surface area (Å²) in [6.07, 6.45) is 3.97. The molecular weight excluding hydrogens is 414 g/mol. The number of ether oxygens (including phenoxy) is 1. The van der Waals surface area contributed by atoms with Crippen LogP contribution in [-0.2, 0) is 14.3 Å². The molecule has 1 aromatic heterocycles. The maximum atomic E-state index is 12.3. The first-order valence-corrected chi connectivity index (χ1v) is 10.5. The lowest BCUT2D eigenvalue weighted by molar-refractivity contribution is -0.148. The number of nitrogens with one attached hydrogen (secondary N) is 2. The molecule has 0 bridgehead atoms. The van der Waals surface area contributed by atoms with E-state index in [1.165, 1.54) is 11.3 Å². The third kappa shape index (κ3) is 5.05. The smallest absolute Gasteiger partial charge is 0.325 e. The molecule has 0 unspecified atom stereocenters. The SMILES string of the molecule is N#CC1(NC(=O)COC(=O)CNC(=O)c2sc3ccccc3c2Cl)CCCCC1. The van der Waals surface area contributed by atoms with Crippen LogP contribution in [-0.4, -0.2) is 36.5 Å². The number of fused-ring (bicyclic) bond motifs is 1. The largest absolute Gasteiger partial charge is 0.454 e. The molecule has 1 aliphatic carbocycles. The molecule has 1 aromatic carbocycles. The number of halogens is 1. The molecule has 0 radical (unpaired) electrons. The van der Waals surface area contributed by atoms with Gasteiger partial charge in [0.15, 0.2) is 6.61 Å². The van der Waals surface area contributed by atoms with E-state index in [0.717, 1.165) is 29.3 Å². The lowest BCUT2D eigenvalue weighted by atomic mass is 9.83. The van der Waals surface area contributed by atoms with Crippen LogP contribution in [0.25, 0.3) is 10.1 Å². The normalized spacial score (nSPS) is 15.3. The Kier molecular flexibility index (Phi) is 6.72. The minimum Gasteiger partial charge on any atom is -0.454 e. The highest BCUT2D eigenvalue weighted by molar-refractivity contribution is 7.21. The van der Waals surface area contributed by atoms with E-state index in [1.54, 1.807) is 0 Å². The van der Waals surface area contributed by atoms with Gasteiger partial charge in [0.1, 0.15) is 17.0 Å². The molecule has 0 saturated heterocycles. The van der Waals surface area contributed by atoms with Crippen molar-refractivity contribution in [2.45, 2.75) is 37.6 Å². The van der Waals surface area contributed by atoms with Gasteiger partial charge in [-0.25, -0.2) is 0 Å². The number of nitrogens with zero attached hydrogens (tertiary/aromatic N) is 1. The van der Waals surface area contributed by atoms with Crippen LogP contribution in [0.15, 0.2) is 24.3 Å². The van der Waals surface area contributed by atoms with Crippen molar-refractivity contribution in [3.63, 3.8) is 0 Å².